The van der Waals surface area contributed by atoms with E-state index >= 15 is 0 Å². The first kappa shape index (κ1) is 15.4. The van der Waals surface area contributed by atoms with Gasteiger partial charge in [-0.3, -0.25) is 4.79 Å². The van der Waals surface area contributed by atoms with Gasteiger partial charge in [-0.25, -0.2) is 0 Å². The van der Waals surface area contributed by atoms with Crippen molar-refractivity contribution in [2.24, 2.45) is 5.16 Å². The van der Waals surface area contributed by atoms with E-state index in [0.29, 0.717) is 19.1 Å². The number of ether oxygens (including phenoxy) is 2. The van der Waals surface area contributed by atoms with Gasteiger partial charge in [-0.05, 0) is 44.5 Å². The Labute approximate surface area is 124 Å². The monoisotopic (exact) mass is 291 g/mol. The predicted molar refractivity (Wildman–Crippen MR) is 78.9 cm³/mol. The molecule has 0 saturated carbocycles. The maximum absolute atomic E-state index is 11.8. The van der Waals surface area contributed by atoms with Crippen LogP contribution in [0.15, 0.2) is 23.4 Å². The first-order chi connectivity index (χ1) is 9.89. The van der Waals surface area contributed by atoms with Gasteiger partial charge >= 0.3 is 5.97 Å². The smallest absolute Gasteiger partial charge is 0.310 e. The number of carbonyl (C=O) groups excluding carboxylic acids is 1. The minimum absolute atomic E-state index is 0.232. The summed E-state index contributed by atoms with van der Waals surface area (Å²) in [6.07, 6.45) is 0.252. The number of hydrogen-bond acceptors (Lipinski definition) is 5. The van der Waals surface area contributed by atoms with Crippen LogP contribution < -0.4 is 0 Å². The van der Waals surface area contributed by atoms with Crippen molar-refractivity contribution in [1.82, 2.24) is 0 Å². The number of hydrogen-bond donors (Lipinski definition) is 0. The number of esters is 1. The summed E-state index contributed by atoms with van der Waals surface area (Å²) in [6, 6.07) is 5.74. The van der Waals surface area contributed by atoms with E-state index in [1.165, 1.54) is 0 Å². The predicted octanol–water partition coefficient (Wildman–Crippen LogP) is 2.80. The maximum Gasteiger partial charge on any atom is 0.310 e. The minimum Gasteiger partial charge on any atom is -0.470 e. The lowest BCUT2D eigenvalue weighted by Gasteiger charge is -2.19. The molecule has 1 aromatic carbocycles. The molecule has 5 nitrogen and oxygen atoms in total. The molecule has 2 rings (SSSR count). The zero-order chi connectivity index (χ0) is 15.5. The van der Waals surface area contributed by atoms with E-state index < -0.39 is 5.60 Å². The average Bonchev–Trinajstić information content (AvgIpc) is 2.76. The summed E-state index contributed by atoms with van der Waals surface area (Å²) < 4.78 is 10.8. The third-order valence-electron chi connectivity index (χ3n) is 2.81. The molecular weight excluding hydrogens is 270 g/mol. The van der Waals surface area contributed by atoms with Gasteiger partial charge in [0.2, 0.25) is 0 Å². The Kier molecular flexibility index (Phi) is 4.50. The topological polar surface area (TPSA) is 57.1 Å². The highest BCUT2D eigenvalue weighted by Gasteiger charge is 2.22. The molecule has 0 bridgehead atoms. The quantitative estimate of drug-likeness (QED) is 0.632. The Balaban J connectivity index is 2.07. The van der Waals surface area contributed by atoms with Gasteiger partial charge in [0.1, 0.15) is 18.8 Å². The highest BCUT2D eigenvalue weighted by Crippen LogP contribution is 2.22. The van der Waals surface area contributed by atoms with Crippen molar-refractivity contribution < 1.29 is 19.1 Å². The molecule has 0 aromatic heterocycles. The number of nitrogens with zero attached hydrogens (tertiary/aromatic N) is 1. The van der Waals surface area contributed by atoms with Crippen molar-refractivity contribution in [3.63, 3.8) is 0 Å². The largest absolute Gasteiger partial charge is 0.470 e. The fraction of sp³-hybridized carbons (Fsp3) is 0.500. The van der Waals surface area contributed by atoms with Crippen LogP contribution in [-0.2, 0) is 32.1 Å². The standard InChI is InChI=1S/C16H21NO4/c1-5-20-17-15-13-7-6-11(8-12(13)10-19-15)9-14(18)21-16(2,3)4/h6-8H,5,9-10H2,1-4H3/b17-15-. The van der Waals surface area contributed by atoms with Gasteiger partial charge in [0.05, 0.1) is 6.42 Å². The molecule has 0 atom stereocenters. The number of rotatable bonds is 4. The van der Waals surface area contributed by atoms with Gasteiger partial charge in [-0.1, -0.05) is 12.1 Å². The molecule has 1 heterocycles. The molecule has 1 aliphatic rings. The van der Waals surface area contributed by atoms with Crippen LogP contribution in [0, 0.1) is 0 Å². The van der Waals surface area contributed by atoms with Crippen LogP contribution in [0.5, 0.6) is 0 Å². The van der Waals surface area contributed by atoms with E-state index in [4.69, 9.17) is 14.3 Å². The van der Waals surface area contributed by atoms with Crippen molar-refractivity contribution >= 4 is 11.9 Å². The normalized spacial score (nSPS) is 15.5. The van der Waals surface area contributed by atoms with Crippen LogP contribution in [0.1, 0.15) is 44.4 Å². The Morgan fingerprint density at radius 1 is 1.38 bits per heavy atom. The second-order valence-corrected chi connectivity index (χ2v) is 5.86. The number of fused-ring (bicyclic) bond motifs is 1. The van der Waals surface area contributed by atoms with Crippen molar-refractivity contribution in [1.29, 1.82) is 0 Å². The number of oxime groups is 1. The molecule has 1 aromatic rings. The molecule has 0 saturated heterocycles. The Bertz CT molecular complexity index is 558. The summed E-state index contributed by atoms with van der Waals surface area (Å²) in [5.41, 5.74) is 2.36. The van der Waals surface area contributed by atoms with Gasteiger partial charge in [-0.2, -0.15) is 0 Å². The van der Waals surface area contributed by atoms with E-state index in [1.807, 2.05) is 45.9 Å². The van der Waals surface area contributed by atoms with E-state index in [0.717, 1.165) is 16.7 Å². The SMILES string of the molecule is CCO/N=C1\OCc2cc(CC(=O)OC(C)(C)C)ccc21. The molecule has 0 N–H and O–H groups in total. The van der Waals surface area contributed by atoms with Crippen LogP contribution in [0.3, 0.4) is 0 Å². The summed E-state index contributed by atoms with van der Waals surface area (Å²) >= 11 is 0. The van der Waals surface area contributed by atoms with Crippen LogP contribution in [0.2, 0.25) is 0 Å². The van der Waals surface area contributed by atoms with E-state index in [9.17, 15) is 4.79 Å². The van der Waals surface area contributed by atoms with E-state index in [-0.39, 0.29) is 12.4 Å². The molecule has 114 valence electrons. The Morgan fingerprint density at radius 2 is 2.14 bits per heavy atom. The van der Waals surface area contributed by atoms with Crippen molar-refractivity contribution in [2.45, 2.75) is 46.3 Å². The van der Waals surface area contributed by atoms with Crippen molar-refractivity contribution in [2.75, 3.05) is 6.61 Å². The fourth-order valence-corrected chi connectivity index (χ4v) is 2.05. The molecule has 1 aliphatic heterocycles. The molecule has 0 spiro atoms. The number of benzene rings is 1. The number of carbonyl (C=O) groups is 1. The van der Waals surface area contributed by atoms with Crippen molar-refractivity contribution in [3.05, 3.63) is 34.9 Å². The molecule has 0 amide bonds. The zero-order valence-corrected chi connectivity index (χ0v) is 12.9. The molecule has 21 heavy (non-hydrogen) atoms. The fourth-order valence-electron chi connectivity index (χ4n) is 2.05. The summed E-state index contributed by atoms with van der Waals surface area (Å²) in [6.45, 7) is 8.39. The first-order valence-electron chi connectivity index (χ1n) is 7.06. The summed E-state index contributed by atoms with van der Waals surface area (Å²) in [4.78, 5) is 16.8. The van der Waals surface area contributed by atoms with Crippen molar-refractivity contribution in [3.8, 4) is 0 Å². The van der Waals surface area contributed by atoms with E-state index in [2.05, 4.69) is 5.16 Å². The average molecular weight is 291 g/mol. The Morgan fingerprint density at radius 3 is 2.81 bits per heavy atom. The van der Waals surface area contributed by atoms with Gasteiger partial charge < -0.3 is 14.3 Å². The maximum atomic E-state index is 11.8. The van der Waals surface area contributed by atoms with Crippen LogP contribution >= 0.6 is 0 Å². The molecule has 5 heteroatoms. The molecule has 0 radical (unpaired) electrons. The van der Waals surface area contributed by atoms with Crippen LogP contribution in [-0.4, -0.2) is 24.1 Å². The summed E-state index contributed by atoms with van der Waals surface area (Å²) in [7, 11) is 0. The third-order valence-corrected chi connectivity index (χ3v) is 2.81. The lowest BCUT2D eigenvalue weighted by molar-refractivity contribution is -0.153. The Hall–Kier alpha value is -2.04. The van der Waals surface area contributed by atoms with Crippen LogP contribution in [0.25, 0.3) is 0 Å². The summed E-state index contributed by atoms with van der Waals surface area (Å²) in [5, 5.41) is 3.92. The highest BCUT2D eigenvalue weighted by atomic mass is 16.6. The van der Waals surface area contributed by atoms with Gasteiger partial charge in [0.15, 0.2) is 0 Å². The zero-order valence-electron chi connectivity index (χ0n) is 12.9. The lowest BCUT2D eigenvalue weighted by Crippen LogP contribution is -2.24. The molecule has 0 aliphatic carbocycles. The molecule has 0 unspecified atom stereocenters. The van der Waals surface area contributed by atoms with Gasteiger partial charge in [-0.15, -0.1) is 0 Å². The second-order valence-electron chi connectivity index (χ2n) is 5.86. The van der Waals surface area contributed by atoms with Crippen LogP contribution in [0.4, 0.5) is 0 Å². The molecular formula is C16H21NO4. The van der Waals surface area contributed by atoms with E-state index in [1.54, 1.807) is 0 Å². The highest BCUT2D eigenvalue weighted by molar-refractivity contribution is 5.97. The van der Waals surface area contributed by atoms with Gasteiger partial charge in [0.25, 0.3) is 5.90 Å². The second kappa shape index (κ2) is 6.16. The van der Waals surface area contributed by atoms with Gasteiger partial charge in [0, 0.05) is 11.1 Å². The first-order valence-corrected chi connectivity index (χ1v) is 7.06. The molecule has 0 fully saturated rings. The summed E-state index contributed by atoms with van der Waals surface area (Å²) in [5.74, 6) is 0.264. The minimum atomic E-state index is -0.464. The third kappa shape index (κ3) is 4.21. The lowest BCUT2D eigenvalue weighted by atomic mass is 10.0.